The molecule has 9 rings (SSSR count). The van der Waals surface area contributed by atoms with Crippen LogP contribution in [0.2, 0.25) is 5.02 Å². The number of hydrogen-bond donors (Lipinski definition) is 3. The highest BCUT2D eigenvalue weighted by Crippen LogP contribution is 2.42. The number of carbonyl (C=O) groups is 4. The Bertz CT molecular complexity index is 3350. The zero-order valence-corrected chi connectivity index (χ0v) is 48.3. The van der Waals surface area contributed by atoms with Crippen molar-refractivity contribution in [1.82, 2.24) is 40.3 Å². The van der Waals surface area contributed by atoms with Crippen LogP contribution in [0.1, 0.15) is 76.2 Å². The van der Waals surface area contributed by atoms with Gasteiger partial charge in [-0.3, -0.25) is 24.1 Å². The quantitative estimate of drug-likeness (QED) is 0.0691. The molecule has 0 unspecified atom stereocenters. The third kappa shape index (κ3) is 13.2. The van der Waals surface area contributed by atoms with Crippen LogP contribution >= 0.6 is 22.9 Å². The van der Waals surface area contributed by atoms with Gasteiger partial charge in [0.2, 0.25) is 23.6 Å². The molecule has 3 fully saturated rings. The van der Waals surface area contributed by atoms with Gasteiger partial charge in [0.1, 0.15) is 36.6 Å². The number of aliphatic hydroxyl groups is 1. The first kappa shape index (κ1) is 58.6. The molecule has 0 bridgehead atoms. The Morgan fingerprint density at radius 2 is 1.74 bits per heavy atom. The van der Waals surface area contributed by atoms with Crippen molar-refractivity contribution in [2.24, 2.45) is 11.3 Å². The summed E-state index contributed by atoms with van der Waals surface area (Å²) in [6.45, 7) is 18.1. The monoisotopic (exact) mass is 1140 g/mol. The first-order valence-corrected chi connectivity index (χ1v) is 28.8. The molecule has 0 saturated carbocycles. The number of piperidine rings is 1. The van der Waals surface area contributed by atoms with Crippen LogP contribution in [0.15, 0.2) is 84.9 Å². The van der Waals surface area contributed by atoms with E-state index in [0.29, 0.717) is 36.5 Å². The summed E-state index contributed by atoms with van der Waals surface area (Å²) in [6.07, 6.45) is 2.08. The zero-order chi connectivity index (χ0) is 57.7. The number of thiazole rings is 1. The van der Waals surface area contributed by atoms with Gasteiger partial charge in [-0.2, -0.15) is 15.2 Å². The van der Waals surface area contributed by atoms with Crippen LogP contribution in [-0.4, -0.2) is 148 Å². The number of aliphatic hydroxyl groups excluding tert-OH is 1. The number of β-amino-alcohol motifs (C(OH)–C–C–N with tert-alkyl or cyclic N) is 1. The average molecular weight is 1140 g/mol. The van der Waals surface area contributed by atoms with Gasteiger partial charge in [0.05, 0.1) is 58.4 Å². The van der Waals surface area contributed by atoms with Crippen LogP contribution in [0.25, 0.3) is 43.2 Å². The fourth-order valence-corrected chi connectivity index (χ4v) is 12.5. The van der Waals surface area contributed by atoms with Gasteiger partial charge in [0, 0.05) is 50.1 Å². The highest BCUT2D eigenvalue weighted by atomic mass is 35.5. The predicted octanol–water partition coefficient (Wildman–Crippen LogP) is 8.58. The number of rotatable bonds is 18. The highest BCUT2D eigenvalue weighted by Gasteiger charge is 2.45. The topological polar surface area (TPSA) is 206 Å². The third-order valence-corrected chi connectivity index (χ3v) is 17.1. The molecule has 0 aliphatic carbocycles. The molecular formula is C61H70ClFN10O7S. The summed E-state index contributed by atoms with van der Waals surface area (Å²) in [5.74, 6) is -1.63. The number of halogens is 2. The Morgan fingerprint density at radius 1 is 1.00 bits per heavy atom. The normalized spacial score (nSPS) is 18.9. The molecular weight excluding hydrogens is 1070 g/mol. The third-order valence-electron chi connectivity index (χ3n) is 15.8. The second kappa shape index (κ2) is 25.4. The predicted molar refractivity (Wildman–Crippen MR) is 312 cm³/mol. The van der Waals surface area contributed by atoms with E-state index in [-0.39, 0.29) is 91.6 Å². The molecule has 4 amide bonds. The highest BCUT2D eigenvalue weighted by molar-refractivity contribution is 7.13. The van der Waals surface area contributed by atoms with Crippen LogP contribution in [-0.2, 0) is 23.9 Å². The van der Waals surface area contributed by atoms with Gasteiger partial charge in [-0.15, -0.1) is 11.3 Å². The minimum Gasteiger partial charge on any atom is -0.462 e. The summed E-state index contributed by atoms with van der Waals surface area (Å²) in [5, 5.41) is 28.8. The number of hydrogen-bond acceptors (Lipinski definition) is 14. The van der Waals surface area contributed by atoms with Crippen molar-refractivity contribution in [3.63, 3.8) is 0 Å². The SMILES string of the molecule is C=CC(=O)N1CCN(c2nc(OCCN3CCC(COCC(=O)N[C@H](C(=O)N4C[C@@H](O)C[C@H]4C(=O)N[C@@H](C)c4ccc(-c5scnc5C)cc4)C(C)(C)C)CC3)nc3c(F)c(-c4cccc5cccc(C)c45)c(Cl)cc23)C[C@@H]1CC#N. The van der Waals surface area contributed by atoms with Crippen LogP contribution < -0.4 is 20.3 Å². The van der Waals surface area contributed by atoms with Crippen molar-refractivity contribution in [3.05, 3.63) is 113 Å². The van der Waals surface area contributed by atoms with Crippen LogP contribution in [0.5, 0.6) is 6.01 Å². The van der Waals surface area contributed by atoms with Gasteiger partial charge in [0.25, 0.3) is 0 Å². The van der Waals surface area contributed by atoms with E-state index < -0.39 is 47.3 Å². The van der Waals surface area contributed by atoms with Crippen LogP contribution in [0.3, 0.4) is 0 Å². The summed E-state index contributed by atoms with van der Waals surface area (Å²) >= 11 is 8.60. The number of aromatic nitrogens is 3. The Labute approximate surface area is 481 Å². The maximum atomic E-state index is 17.3. The lowest BCUT2D eigenvalue weighted by molar-refractivity contribution is -0.144. The number of benzene rings is 4. The van der Waals surface area contributed by atoms with Gasteiger partial charge >= 0.3 is 6.01 Å². The summed E-state index contributed by atoms with van der Waals surface area (Å²) in [4.78, 5) is 76.5. The molecule has 3 aliphatic heterocycles. The largest absolute Gasteiger partial charge is 0.462 e. The molecule has 426 valence electrons. The number of likely N-dealkylation sites (tertiary alicyclic amines) is 2. The van der Waals surface area contributed by atoms with Crippen LogP contribution in [0, 0.1) is 42.3 Å². The molecule has 5 heterocycles. The number of carbonyl (C=O) groups excluding carboxylic acids is 4. The fourth-order valence-electron chi connectivity index (χ4n) is 11.4. The van der Waals surface area contributed by atoms with E-state index in [1.807, 2.05) is 113 Å². The smallest absolute Gasteiger partial charge is 0.319 e. The van der Waals surface area contributed by atoms with E-state index in [0.717, 1.165) is 64.0 Å². The minimum absolute atomic E-state index is 0.0219. The molecule has 20 heteroatoms. The van der Waals surface area contributed by atoms with Crippen molar-refractivity contribution in [3.8, 4) is 33.6 Å². The van der Waals surface area contributed by atoms with Crippen molar-refractivity contribution < 1.29 is 38.1 Å². The number of aryl methyl sites for hydroxylation is 2. The molecule has 3 N–H and O–H groups in total. The van der Waals surface area contributed by atoms with E-state index in [1.54, 1.807) is 22.3 Å². The van der Waals surface area contributed by atoms with E-state index >= 15 is 4.39 Å². The first-order valence-electron chi connectivity index (χ1n) is 27.6. The minimum atomic E-state index is -0.993. The van der Waals surface area contributed by atoms with Crippen LogP contribution in [0.4, 0.5) is 10.2 Å². The maximum Gasteiger partial charge on any atom is 0.319 e. The molecule has 3 saturated heterocycles. The summed E-state index contributed by atoms with van der Waals surface area (Å²) < 4.78 is 29.5. The van der Waals surface area contributed by atoms with Gasteiger partial charge in [-0.1, -0.05) is 99.6 Å². The van der Waals surface area contributed by atoms with E-state index in [1.165, 1.54) is 11.0 Å². The van der Waals surface area contributed by atoms with Crippen molar-refractivity contribution in [1.29, 1.82) is 5.26 Å². The number of nitrogens with zero attached hydrogens (tertiary/aromatic N) is 8. The molecule has 0 spiro atoms. The average Bonchev–Trinajstić information content (AvgIpc) is 4.12. The standard InChI is InChI=1S/C61H70ClFN10O7S/c1-8-50(76)72-26-25-71(31-43(72)19-22-64)57-46-30-47(62)52(45-14-10-13-41-12-9-11-36(2)51(41)45)53(63)54(46)68-60(69-57)80-28-27-70-23-20-39(21-24-70)33-79-34-49(75)67-56(61(5,6)7)59(78)73-32-44(74)29-48(73)58(77)66-37(3)40-15-17-42(18-16-40)55-38(4)65-35-81-55/h8-18,30,35,37,39,43-44,48,56,74H,1,19-21,23-29,31-34H2,2-7H3,(H,66,77)(H,67,75)/t37-,43-,44-,48-,56+/m0/s1. The zero-order valence-electron chi connectivity index (χ0n) is 46.7. The molecule has 81 heavy (non-hydrogen) atoms. The number of ether oxygens (including phenoxy) is 2. The number of fused-ring (bicyclic) bond motifs is 2. The molecule has 5 atom stereocenters. The maximum absolute atomic E-state index is 17.3. The van der Waals surface area contributed by atoms with Crippen molar-refractivity contribution in [2.45, 2.75) is 97.5 Å². The van der Waals surface area contributed by atoms with E-state index in [2.05, 4.69) is 38.1 Å². The van der Waals surface area contributed by atoms with E-state index in [9.17, 15) is 29.5 Å². The van der Waals surface area contributed by atoms with Crippen molar-refractivity contribution in [2.75, 3.05) is 70.5 Å². The van der Waals surface area contributed by atoms with Gasteiger partial charge in [0.15, 0.2) is 5.82 Å². The second-order valence-electron chi connectivity index (χ2n) is 22.5. The molecule has 2 aromatic heterocycles. The van der Waals surface area contributed by atoms with Gasteiger partial charge in [-0.05, 0) is 103 Å². The fraction of sp³-hybridized carbons (Fsp3) is 0.443. The Balaban J connectivity index is 0.795. The molecule has 17 nitrogen and oxygen atoms in total. The number of nitrogens with one attached hydrogen (secondary N) is 2. The second-order valence-corrected chi connectivity index (χ2v) is 23.7. The van der Waals surface area contributed by atoms with Gasteiger partial charge in [-0.25, -0.2) is 9.37 Å². The Morgan fingerprint density at radius 3 is 2.43 bits per heavy atom. The van der Waals surface area contributed by atoms with Crippen molar-refractivity contribution >= 4 is 74.1 Å². The number of amides is 4. The summed E-state index contributed by atoms with van der Waals surface area (Å²) in [5.41, 5.74) is 5.79. The van der Waals surface area contributed by atoms with E-state index in [4.69, 9.17) is 26.1 Å². The molecule has 4 aromatic carbocycles. The lowest BCUT2D eigenvalue weighted by Gasteiger charge is -2.41. The molecule has 3 aliphatic rings. The lowest BCUT2D eigenvalue weighted by Crippen LogP contribution is -2.58. The number of nitriles is 1. The Hall–Kier alpha value is -7.08. The Kier molecular flexibility index (Phi) is 18.3. The summed E-state index contributed by atoms with van der Waals surface area (Å²) in [6, 6.07) is 20.6. The van der Waals surface area contributed by atoms with Gasteiger partial charge < -0.3 is 39.9 Å². The molecule has 6 aromatic rings. The number of anilines is 1. The first-order chi connectivity index (χ1) is 38.8. The molecule has 0 radical (unpaired) electrons. The lowest BCUT2D eigenvalue weighted by atomic mass is 9.85. The number of piperazine rings is 1. The summed E-state index contributed by atoms with van der Waals surface area (Å²) in [7, 11) is 0.